The van der Waals surface area contributed by atoms with Crippen LogP contribution in [0.4, 0.5) is 0 Å². The molecule has 3 aromatic rings. The van der Waals surface area contributed by atoms with Gasteiger partial charge in [0.1, 0.15) is 0 Å². The Balaban J connectivity index is 1.70. The molecule has 1 aliphatic rings. The fourth-order valence-corrected chi connectivity index (χ4v) is 4.31. The molecule has 0 aliphatic heterocycles. The van der Waals surface area contributed by atoms with Crippen LogP contribution in [0.15, 0.2) is 52.7 Å². The van der Waals surface area contributed by atoms with E-state index in [1.54, 1.807) is 10.9 Å². The number of carboxylic acids is 1. The predicted molar refractivity (Wildman–Crippen MR) is 109 cm³/mol. The molecule has 28 heavy (non-hydrogen) atoms. The van der Waals surface area contributed by atoms with Crippen LogP contribution in [0.25, 0.3) is 10.8 Å². The molecule has 144 valence electrons. The molecular formula is C21H21N4O2S-. The minimum atomic E-state index is -1.13. The van der Waals surface area contributed by atoms with E-state index in [0.717, 1.165) is 46.8 Å². The lowest BCUT2D eigenvalue weighted by Crippen LogP contribution is -2.24. The summed E-state index contributed by atoms with van der Waals surface area (Å²) in [5.41, 5.74) is 0.997. The van der Waals surface area contributed by atoms with Crippen LogP contribution in [0.3, 0.4) is 0 Å². The summed E-state index contributed by atoms with van der Waals surface area (Å²) < 4.78 is 1.71. The lowest BCUT2D eigenvalue weighted by molar-refractivity contribution is -0.301. The van der Waals surface area contributed by atoms with Crippen molar-refractivity contribution >= 4 is 34.7 Å². The van der Waals surface area contributed by atoms with Crippen molar-refractivity contribution in [3.05, 3.63) is 53.9 Å². The number of thioether (sulfide) groups is 1. The first-order valence-corrected chi connectivity index (χ1v) is 10.5. The maximum Gasteiger partial charge on any atom is 0.212 e. The SMILES string of the molecule is O=C([O-])CSc1nnc(C2CCCCC2)n1/N=C\c1cccc2ccccc12. The fourth-order valence-electron chi connectivity index (χ4n) is 3.70. The molecule has 0 bridgehead atoms. The Labute approximate surface area is 167 Å². The summed E-state index contributed by atoms with van der Waals surface area (Å²) in [7, 11) is 0. The smallest absolute Gasteiger partial charge is 0.212 e. The molecule has 1 heterocycles. The van der Waals surface area contributed by atoms with Gasteiger partial charge in [0.15, 0.2) is 5.82 Å². The second-order valence-corrected chi connectivity index (χ2v) is 7.90. The van der Waals surface area contributed by atoms with Gasteiger partial charge in [0.05, 0.1) is 12.2 Å². The van der Waals surface area contributed by atoms with Crippen LogP contribution >= 0.6 is 11.8 Å². The average Bonchev–Trinajstić information content (AvgIpc) is 3.14. The van der Waals surface area contributed by atoms with Gasteiger partial charge in [0.25, 0.3) is 0 Å². The van der Waals surface area contributed by atoms with Gasteiger partial charge in [-0.3, -0.25) is 0 Å². The van der Waals surface area contributed by atoms with E-state index in [4.69, 9.17) is 0 Å². The van der Waals surface area contributed by atoms with Crippen LogP contribution in [-0.2, 0) is 4.79 Å². The first-order valence-electron chi connectivity index (χ1n) is 9.52. The van der Waals surface area contributed by atoms with Gasteiger partial charge in [-0.2, -0.15) is 9.78 Å². The quantitative estimate of drug-likeness (QED) is 0.474. The maximum atomic E-state index is 10.9. The highest BCUT2D eigenvalue weighted by Gasteiger charge is 2.23. The second-order valence-electron chi connectivity index (χ2n) is 6.96. The number of aliphatic carboxylic acids is 1. The van der Waals surface area contributed by atoms with Crippen molar-refractivity contribution in [1.82, 2.24) is 14.9 Å². The molecule has 6 nitrogen and oxygen atoms in total. The fraction of sp³-hybridized carbons (Fsp3) is 0.333. The highest BCUT2D eigenvalue weighted by atomic mass is 32.2. The normalized spacial score (nSPS) is 15.4. The minimum Gasteiger partial charge on any atom is -0.549 e. The van der Waals surface area contributed by atoms with Crippen molar-refractivity contribution in [1.29, 1.82) is 0 Å². The summed E-state index contributed by atoms with van der Waals surface area (Å²) >= 11 is 1.09. The molecule has 0 unspecified atom stereocenters. The molecule has 2 aromatic carbocycles. The number of hydrogen-bond donors (Lipinski definition) is 0. The molecule has 0 saturated heterocycles. The zero-order chi connectivity index (χ0) is 19.3. The number of benzene rings is 2. The molecule has 0 amide bonds. The Bertz CT molecular complexity index is 1000. The molecule has 1 aliphatic carbocycles. The van der Waals surface area contributed by atoms with Crippen LogP contribution in [-0.4, -0.2) is 32.8 Å². The number of fused-ring (bicyclic) bond motifs is 1. The van der Waals surface area contributed by atoms with E-state index >= 15 is 0 Å². The maximum absolute atomic E-state index is 10.9. The van der Waals surface area contributed by atoms with Gasteiger partial charge in [0, 0.05) is 17.2 Å². The molecule has 0 N–H and O–H groups in total. The molecule has 0 spiro atoms. The molecular weight excluding hydrogens is 372 g/mol. The number of nitrogens with zero attached hydrogens (tertiary/aromatic N) is 4. The van der Waals surface area contributed by atoms with Crippen LogP contribution in [0.5, 0.6) is 0 Å². The van der Waals surface area contributed by atoms with E-state index in [9.17, 15) is 9.90 Å². The zero-order valence-electron chi connectivity index (χ0n) is 15.5. The number of rotatable bonds is 6. The lowest BCUT2D eigenvalue weighted by atomic mass is 9.89. The first kappa shape index (κ1) is 18.7. The Hall–Kier alpha value is -2.67. The van der Waals surface area contributed by atoms with E-state index in [2.05, 4.69) is 33.5 Å². The van der Waals surface area contributed by atoms with Crippen molar-refractivity contribution < 1.29 is 9.90 Å². The van der Waals surface area contributed by atoms with Crippen LogP contribution in [0, 0.1) is 0 Å². The topological polar surface area (TPSA) is 83.2 Å². The second kappa shape index (κ2) is 8.56. The largest absolute Gasteiger partial charge is 0.549 e. The molecule has 4 rings (SSSR count). The average molecular weight is 393 g/mol. The zero-order valence-corrected chi connectivity index (χ0v) is 16.3. The molecule has 0 atom stereocenters. The van der Waals surface area contributed by atoms with Crippen molar-refractivity contribution in [2.45, 2.75) is 43.2 Å². The van der Waals surface area contributed by atoms with Gasteiger partial charge in [-0.1, -0.05) is 73.5 Å². The van der Waals surface area contributed by atoms with E-state index in [1.807, 2.05) is 24.3 Å². The predicted octanol–water partition coefficient (Wildman–Crippen LogP) is 3.20. The van der Waals surface area contributed by atoms with E-state index in [0.29, 0.717) is 11.1 Å². The number of hydrogen-bond acceptors (Lipinski definition) is 6. The molecule has 1 saturated carbocycles. The van der Waals surface area contributed by atoms with Gasteiger partial charge in [0.2, 0.25) is 5.16 Å². The van der Waals surface area contributed by atoms with Gasteiger partial charge < -0.3 is 9.90 Å². The van der Waals surface area contributed by atoms with Crippen LogP contribution < -0.4 is 5.11 Å². The lowest BCUT2D eigenvalue weighted by Gasteiger charge is -2.20. The first-order chi connectivity index (χ1) is 13.7. The van der Waals surface area contributed by atoms with E-state index in [1.165, 1.54) is 19.3 Å². The molecule has 0 radical (unpaired) electrons. The van der Waals surface area contributed by atoms with Gasteiger partial charge in [-0.15, -0.1) is 10.2 Å². The number of carbonyl (C=O) groups is 1. The number of carboxylic acid groups (broad SMARTS) is 1. The summed E-state index contributed by atoms with van der Waals surface area (Å²) in [6.45, 7) is 0. The highest BCUT2D eigenvalue weighted by molar-refractivity contribution is 7.99. The third-order valence-electron chi connectivity index (χ3n) is 5.06. The highest BCUT2D eigenvalue weighted by Crippen LogP contribution is 2.33. The van der Waals surface area contributed by atoms with Gasteiger partial charge in [-0.05, 0) is 23.6 Å². The molecule has 1 fully saturated rings. The molecule has 1 aromatic heterocycles. The summed E-state index contributed by atoms with van der Waals surface area (Å²) in [6, 6.07) is 14.2. The van der Waals surface area contributed by atoms with E-state index in [-0.39, 0.29) is 5.75 Å². The monoisotopic (exact) mass is 393 g/mol. The van der Waals surface area contributed by atoms with Crippen LogP contribution in [0.2, 0.25) is 0 Å². The Morgan fingerprint density at radius 2 is 1.93 bits per heavy atom. The van der Waals surface area contributed by atoms with E-state index < -0.39 is 5.97 Å². The number of aromatic nitrogens is 3. The van der Waals surface area contributed by atoms with Gasteiger partial charge >= 0.3 is 0 Å². The van der Waals surface area contributed by atoms with Crippen molar-refractivity contribution in [3.8, 4) is 0 Å². The Morgan fingerprint density at radius 1 is 1.14 bits per heavy atom. The third kappa shape index (κ3) is 4.09. The standard InChI is InChI=1S/C21H22N4O2S/c26-19(27)14-28-21-24-23-20(16-8-2-1-3-9-16)25(21)22-13-17-11-6-10-15-7-4-5-12-18(15)17/h4-7,10-13,16H,1-3,8-9,14H2,(H,26,27)/p-1/b22-13-. The Kier molecular flexibility index (Phi) is 5.71. The molecule has 7 heteroatoms. The van der Waals surface area contributed by atoms with Crippen molar-refractivity contribution in [2.75, 3.05) is 5.75 Å². The van der Waals surface area contributed by atoms with Crippen LogP contribution in [0.1, 0.15) is 49.4 Å². The number of carbonyl (C=O) groups excluding carboxylic acids is 1. The van der Waals surface area contributed by atoms with Gasteiger partial charge in [-0.25, -0.2) is 0 Å². The third-order valence-corrected chi connectivity index (χ3v) is 5.95. The Morgan fingerprint density at radius 3 is 2.75 bits per heavy atom. The van der Waals surface area contributed by atoms with Crippen molar-refractivity contribution in [3.63, 3.8) is 0 Å². The van der Waals surface area contributed by atoms with Crippen molar-refractivity contribution in [2.24, 2.45) is 5.10 Å². The summed E-state index contributed by atoms with van der Waals surface area (Å²) in [6.07, 6.45) is 7.52. The summed E-state index contributed by atoms with van der Waals surface area (Å²) in [5, 5.41) is 26.9. The minimum absolute atomic E-state index is 0.174. The summed E-state index contributed by atoms with van der Waals surface area (Å²) in [4.78, 5) is 10.9. The summed E-state index contributed by atoms with van der Waals surface area (Å²) in [5.74, 6) is -0.177.